The Hall–Kier alpha value is -1.89. The second-order valence-corrected chi connectivity index (χ2v) is 6.30. The zero-order valence-corrected chi connectivity index (χ0v) is 14.2. The molecular weight excluding hydrogens is 296 g/mol. The Morgan fingerprint density at radius 1 is 1.30 bits per heavy atom. The molecule has 2 heterocycles. The van der Waals surface area contributed by atoms with E-state index in [0.717, 1.165) is 30.4 Å². The molecule has 0 aliphatic carbocycles. The molecule has 0 amide bonds. The van der Waals surface area contributed by atoms with Gasteiger partial charge in [-0.3, -0.25) is 23.6 Å². The van der Waals surface area contributed by atoms with Crippen LogP contribution in [-0.2, 0) is 13.6 Å². The predicted molar refractivity (Wildman–Crippen MR) is 89.9 cm³/mol. The second kappa shape index (κ2) is 7.12. The Labute approximate surface area is 135 Å². The first-order chi connectivity index (χ1) is 10.9. The molecule has 1 atom stereocenters. The summed E-state index contributed by atoms with van der Waals surface area (Å²) < 4.78 is 2.28. The second-order valence-electron chi connectivity index (χ2n) is 6.30. The van der Waals surface area contributed by atoms with Gasteiger partial charge in [-0.05, 0) is 32.7 Å². The van der Waals surface area contributed by atoms with Gasteiger partial charge in [-0.2, -0.15) is 0 Å². The lowest BCUT2D eigenvalue weighted by molar-refractivity contribution is 0.0858. The topological polar surface area (TPSA) is 90.3 Å². The summed E-state index contributed by atoms with van der Waals surface area (Å²) in [6, 6.07) is 0.319. The number of nitrogen functional groups attached to an aromatic ring is 1. The highest BCUT2D eigenvalue weighted by Crippen LogP contribution is 2.17. The molecular formula is C16H26N4O3. The van der Waals surface area contributed by atoms with Crippen molar-refractivity contribution in [2.45, 2.75) is 52.1 Å². The third kappa shape index (κ3) is 3.39. The van der Waals surface area contributed by atoms with E-state index in [0.29, 0.717) is 19.0 Å². The molecule has 0 radical (unpaired) electrons. The van der Waals surface area contributed by atoms with Crippen LogP contribution < -0.4 is 17.0 Å². The summed E-state index contributed by atoms with van der Waals surface area (Å²) in [6.45, 7) is 5.41. The van der Waals surface area contributed by atoms with E-state index in [9.17, 15) is 14.4 Å². The highest BCUT2D eigenvalue weighted by molar-refractivity contribution is 6.01. The van der Waals surface area contributed by atoms with E-state index in [1.165, 1.54) is 11.6 Å². The zero-order chi connectivity index (χ0) is 17.1. The first-order valence-electron chi connectivity index (χ1n) is 8.25. The van der Waals surface area contributed by atoms with Crippen LogP contribution in [0.4, 0.5) is 5.82 Å². The van der Waals surface area contributed by atoms with E-state index in [4.69, 9.17) is 5.73 Å². The van der Waals surface area contributed by atoms with Gasteiger partial charge in [-0.1, -0.05) is 13.3 Å². The maximum atomic E-state index is 12.7. The number of piperidine rings is 1. The number of anilines is 1. The zero-order valence-electron chi connectivity index (χ0n) is 14.2. The van der Waals surface area contributed by atoms with Gasteiger partial charge in [-0.25, -0.2) is 4.79 Å². The van der Waals surface area contributed by atoms with Crippen molar-refractivity contribution in [1.29, 1.82) is 0 Å². The molecule has 0 unspecified atom stereocenters. The summed E-state index contributed by atoms with van der Waals surface area (Å²) in [5.74, 6) is -0.309. The summed E-state index contributed by atoms with van der Waals surface area (Å²) in [5, 5.41) is 0. The fraction of sp³-hybridized carbons (Fsp3) is 0.688. The first kappa shape index (κ1) is 17.5. The minimum Gasteiger partial charge on any atom is -0.384 e. The van der Waals surface area contributed by atoms with Crippen molar-refractivity contribution in [2.24, 2.45) is 7.05 Å². The van der Waals surface area contributed by atoms with E-state index in [1.807, 2.05) is 6.92 Å². The minimum atomic E-state index is -0.602. The van der Waals surface area contributed by atoms with Crippen LogP contribution in [0.25, 0.3) is 0 Å². The lowest BCUT2D eigenvalue weighted by Gasteiger charge is -2.32. The van der Waals surface area contributed by atoms with Gasteiger partial charge in [-0.15, -0.1) is 0 Å². The van der Waals surface area contributed by atoms with Gasteiger partial charge in [0, 0.05) is 19.6 Å². The number of hydrogen-bond acceptors (Lipinski definition) is 5. The molecule has 1 fully saturated rings. The van der Waals surface area contributed by atoms with Gasteiger partial charge >= 0.3 is 5.69 Å². The molecule has 1 aromatic rings. The highest BCUT2D eigenvalue weighted by Gasteiger charge is 2.26. The van der Waals surface area contributed by atoms with Crippen LogP contribution in [0.2, 0.25) is 0 Å². The van der Waals surface area contributed by atoms with Gasteiger partial charge in [0.05, 0.1) is 6.54 Å². The SMILES string of the molecule is CCCn1c(N)c(C(=O)CN2CCCC[C@H]2C)c(=O)n(C)c1=O. The summed E-state index contributed by atoms with van der Waals surface area (Å²) in [5.41, 5.74) is 4.86. The molecule has 1 aliphatic rings. The fourth-order valence-electron chi connectivity index (χ4n) is 3.14. The van der Waals surface area contributed by atoms with Crippen molar-refractivity contribution in [3.63, 3.8) is 0 Å². The molecule has 128 valence electrons. The van der Waals surface area contributed by atoms with Crippen molar-refractivity contribution < 1.29 is 4.79 Å². The van der Waals surface area contributed by atoms with Crippen LogP contribution >= 0.6 is 0 Å². The van der Waals surface area contributed by atoms with Crippen LogP contribution in [0.5, 0.6) is 0 Å². The van der Waals surface area contributed by atoms with Crippen LogP contribution in [0.15, 0.2) is 9.59 Å². The number of likely N-dealkylation sites (tertiary alicyclic amines) is 1. The van der Waals surface area contributed by atoms with E-state index in [2.05, 4.69) is 11.8 Å². The number of nitrogens with two attached hydrogens (primary N) is 1. The van der Waals surface area contributed by atoms with E-state index < -0.39 is 11.2 Å². The van der Waals surface area contributed by atoms with Gasteiger partial charge in [0.1, 0.15) is 11.4 Å². The number of hydrogen-bond donors (Lipinski definition) is 1. The lowest BCUT2D eigenvalue weighted by Crippen LogP contribution is -2.46. The first-order valence-corrected chi connectivity index (χ1v) is 8.25. The van der Waals surface area contributed by atoms with Crippen molar-refractivity contribution in [2.75, 3.05) is 18.8 Å². The molecule has 0 saturated carbocycles. The molecule has 1 aromatic heterocycles. The molecule has 2 N–H and O–H groups in total. The van der Waals surface area contributed by atoms with E-state index >= 15 is 0 Å². The van der Waals surface area contributed by atoms with E-state index in [1.54, 1.807) is 0 Å². The number of Topliss-reactive ketones (excluding diaryl/α,β-unsaturated/α-hetero) is 1. The molecule has 2 rings (SSSR count). The highest BCUT2D eigenvalue weighted by atomic mass is 16.2. The maximum Gasteiger partial charge on any atom is 0.332 e. The Bertz CT molecular complexity index is 705. The van der Waals surface area contributed by atoms with Gasteiger partial charge in [0.15, 0.2) is 5.78 Å². The van der Waals surface area contributed by atoms with Crippen LogP contribution in [0, 0.1) is 0 Å². The molecule has 0 bridgehead atoms. The van der Waals surface area contributed by atoms with Crippen LogP contribution in [0.3, 0.4) is 0 Å². The average molecular weight is 322 g/mol. The number of carbonyl (C=O) groups excluding carboxylic acids is 1. The monoisotopic (exact) mass is 322 g/mol. The largest absolute Gasteiger partial charge is 0.384 e. The summed E-state index contributed by atoms with van der Waals surface area (Å²) >= 11 is 0. The number of carbonyl (C=O) groups is 1. The van der Waals surface area contributed by atoms with Crippen LogP contribution in [-0.4, -0.2) is 38.9 Å². The molecule has 0 spiro atoms. The standard InChI is InChI=1S/C16H26N4O3/c1-4-8-20-14(17)13(15(22)18(3)16(20)23)12(21)10-19-9-6-5-7-11(19)2/h11H,4-10,17H2,1-3H3/t11-/m1/s1. The molecule has 1 aliphatic heterocycles. The molecule has 23 heavy (non-hydrogen) atoms. The van der Waals surface area contributed by atoms with Gasteiger partial charge in [0.2, 0.25) is 0 Å². The van der Waals surface area contributed by atoms with Crippen molar-refractivity contribution in [3.8, 4) is 0 Å². The number of ketones is 1. The quantitative estimate of drug-likeness (QED) is 0.802. The Kier molecular flexibility index (Phi) is 5.41. The third-order valence-electron chi connectivity index (χ3n) is 4.60. The van der Waals surface area contributed by atoms with Crippen molar-refractivity contribution >= 4 is 11.6 Å². The van der Waals surface area contributed by atoms with Gasteiger partial charge in [0.25, 0.3) is 5.56 Å². The summed E-state index contributed by atoms with van der Waals surface area (Å²) in [6.07, 6.45) is 3.97. The van der Waals surface area contributed by atoms with E-state index in [-0.39, 0.29) is 23.7 Å². The summed E-state index contributed by atoms with van der Waals surface area (Å²) in [4.78, 5) is 39.3. The number of rotatable bonds is 5. The molecule has 1 saturated heterocycles. The average Bonchev–Trinajstić information content (AvgIpc) is 2.52. The molecule has 0 aromatic carbocycles. The van der Waals surface area contributed by atoms with Gasteiger partial charge < -0.3 is 5.73 Å². The Morgan fingerprint density at radius 2 is 2.00 bits per heavy atom. The lowest BCUT2D eigenvalue weighted by atomic mass is 10.0. The predicted octanol–water partition coefficient (Wildman–Crippen LogP) is 0.596. The fourth-order valence-corrected chi connectivity index (χ4v) is 3.14. The number of aromatic nitrogens is 2. The van der Waals surface area contributed by atoms with Crippen molar-refractivity contribution in [1.82, 2.24) is 14.0 Å². The summed E-state index contributed by atoms with van der Waals surface area (Å²) in [7, 11) is 1.39. The number of nitrogens with zero attached hydrogens (tertiary/aromatic N) is 3. The minimum absolute atomic E-state index is 0.00499. The smallest absolute Gasteiger partial charge is 0.332 e. The maximum absolute atomic E-state index is 12.7. The van der Waals surface area contributed by atoms with Crippen molar-refractivity contribution in [3.05, 3.63) is 26.4 Å². The normalized spacial score (nSPS) is 19.0. The Balaban J connectivity index is 2.40. The molecule has 7 nitrogen and oxygen atoms in total. The molecule has 7 heteroatoms. The third-order valence-corrected chi connectivity index (χ3v) is 4.60. The Morgan fingerprint density at radius 3 is 2.61 bits per heavy atom. The van der Waals surface area contributed by atoms with Crippen LogP contribution in [0.1, 0.15) is 49.9 Å².